The first-order valence-corrected chi connectivity index (χ1v) is 15.1. The largest absolute Gasteiger partial charge is 0.495 e. The Kier molecular flexibility index (Phi) is 12.0. The van der Waals surface area contributed by atoms with Crippen LogP contribution in [0.15, 0.2) is 36.4 Å². The number of sulfonamides is 1. The third-order valence-electron chi connectivity index (χ3n) is 6.10. The average molecular weight is 607 g/mol. The lowest BCUT2D eigenvalue weighted by atomic mass is 10.1. The number of carbonyl (C=O) groups is 2. The van der Waals surface area contributed by atoms with Crippen molar-refractivity contribution in [1.82, 2.24) is 10.2 Å². The molecule has 0 saturated heterocycles. The van der Waals surface area contributed by atoms with Crippen LogP contribution in [0.3, 0.4) is 0 Å². The number of carbonyl (C=O) groups excluding carboxylic acids is 2. The maximum atomic E-state index is 13.4. The predicted octanol–water partition coefficient (Wildman–Crippen LogP) is 5.53. The Morgan fingerprint density at radius 2 is 1.74 bits per heavy atom. The highest BCUT2D eigenvalue weighted by Crippen LogP contribution is 2.30. The van der Waals surface area contributed by atoms with Gasteiger partial charge in [0, 0.05) is 35.6 Å². The van der Waals surface area contributed by atoms with Crippen LogP contribution in [0.5, 0.6) is 5.75 Å². The van der Waals surface area contributed by atoms with Gasteiger partial charge in [-0.1, -0.05) is 47.8 Å². The first-order chi connectivity index (χ1) is 17.8. The van der Waals surface area contributed by atoms with E-state index in [0.717, 1.165) is 12.7 Å². The molecular formula is C26H34Cl3N3O5S. The van der Waals surface area contributed by atoms with Crippen molar-refractivity contribution >= 4 is 62.3 Å². The molecule has 8 nitrogen and oxygen atoms in total. The lowest BCUT2D eigenvalue weighted by Gasteiger charge is -2.30. The molecule has 12 heteroatoms. The second kappa shape index (κ2) is 14.3. The predicted molar refractivity (Wildman–Crippen MR) is 154 cm³/mol. The zero-order valence-corrected chi connectivity index (χ0v) is 25.2. The van der Waals surface area contributed by atoms with E-state index in [1.54, 1.807) is 37.3 Å². The number of anilines is 1. The Bertz CT molecular complexity index is 1240. The van der Waals surface area contributed by atoms with Crippen molar-refractivity contribution in [1.29, 1.82) is 0 Å². The van der Waals surface area contributed by atoms with Crippen LogP contribution in [0.4, 0.5) is 5.69 Å². The van der Waals surface area contributed by atoms with Gasteiger partial charge in [-0.3, -0.25) is 13.9 Å². The van der Waals surface area contributed by atoms with Crippen molar-refractivity contribution in [2.45, 2.75) is 58.7 Å². The molecule has 2 amide bonds. The van der Waals surface area contributed by atoms with E-state index in [1.165, 1.54) is 22.4 Å². The summed E-state index contributed by atoms with van der Waals surface area (Å²) in [4.78, 5) is 27.8. The second-order valence-corrected chi connectivity index (χ2v) is 12.2. The minimum atomic E-state index is -3.66. The van der Waals surface area contributed by atoms with Gasteiger partial charge in [-0.25, -0.2) is 8.42 Å². The molecule has 0 bridgehead atoms. The molecule has 0 heterocycles. The molecule has 0 aliphatic rings. The quantitative estimate of drug-likeness (QED) is 0.323. The average Bonchev–Trinajstić information content (AvgIpc) is 2.84. The van der Waals surface area contributed by atoms with Crippen molar-refractivity contribution in [2.75, 3.05) is 24.2 Å². The summed E-state index contributed by atoms with van der Waals surface area (Å²) in [5, 5.41) is 4.01. The van der Waals surface area contributed by atoms with Crippen molar-refractivity contribution in [3.63, 3.8) is 0 Å². The molecule has 0 unspecified atom stereocenters. The number of hydrogen-bond acceptors (Lipinski definition) is 5. The summed E-state index contributed by atoms with van der Waals surface area (Å²) in [6, 6.07) is 8.78. The summed E-state index contributed by atoms with van der Waals surface area (Å²) in [6.07, 6.45) is 2.04. The van der Waals surface area contributed by atoms with Gasteiger partial charge in [0.15, 0.2) is 0 Å². The van der Waals surface area contributed by atoms with Crippen LogP contribution < -0.4 is 14.4 Å². The lowest BCUT2D eigenvalue weighted by molar-refractivity contribution is -0.140. The molecule has 0 aliphatic heterocycles. The third-order valence-corrected chi connectivity index (χ3v) is 8.18. The van der Waals surface area contributed by atoms with Gasteiger partial charge in [0.25, 0.3) is 0 Å². The van der Waals surface area contributed by atoms with Gasteiger partial charge in [-0.2, -0.15) is 0 Å². The summed E-state index contributed by atoms with van der Waals surface area (Å²) in [5.74, 6) is -0.187. The zero-order chi connectivity index (χ0) is 28.6. The molecule has 2 rings (SSSR count). The van der Waals surface area contributed by atoms with Gasteiger partial charge in [-0.15, -0.1) is 0 Å². The Morgan fingerprint density at radius 3 is 2.29 bits per heavy atom. The van der Waals surface area contributed by atoms with Gasteiger partial charge in [-0.05, 0) is 62.6 Å². The molecule has 0 radical (unpaired) electrons. The fourth-order valence-electron chi connectivity index (χ4n) is 3.70. The van der Waals surface area contributed by atoms with Crippen molar-refractivity contribution in [3.05, 3.63) is 57.0 Å². The smallest absolute Gasteiger partial charge is 0.242 e. The number of methoxy groups -OCH3 is 1. The Morgan fingerprint density at radius 1 is 1.05 bits per heavy atom. The van der Waals surface area contributed by atoms with Crippen molar-refractivity contribution in [3.8, 4) is 5.75 Å². The van der Waals surface area contributed by atoms with E-state index >= 15 is 0 Å². The monoisotopic (exact) mass is 605 g/mol. The number of nitrogens with one attached hydrogen (secondary N) is 1. The molecule has 0 aliphatic carbocycles. The molecule has 2 aromatic carbocycles. The summed E-state index contributed by atoms with van der Waals surface area (Å²) < 4.78 is 31.4. The standard InChI is InChI=1S/C26H34Cl3N3O5S/c1-6-17(2)30-26(34)18(3)31(16-19-9-10-20(27)14-22(19)28)25(33)8-7-13-32(38(5,35)36)21-11-12-24(37-4)23(29)15-21/h9-12,14-15,17-18H,6-8,13,16H2,1-5H3,(H,30,34)/t17-,18-/m1/s1. The Hall–Kier alpha value is -2.20. The third kappa shape index (κ3) is 8.93. The molecule has 1 N–H and O–H groups in total. The molecular weight excluding hydrogens is 573 g/mol. The molecule has 0 fully saturated rings. The van der Waals surface area contributed by atoms with E-state index in [9.17, 15) is 18.0 Å². The number of nitrogens with zero attached hydrogens (tertiary/aromatic N) is 2. The first-order valence-electron chi connectivity index (χ1n) is 12.1. The van der Waals surface area contributed by atoms with Gasteiger partial charge >= 0.3 is 0 Å². The van der Waals surface area contributed by atoms with Crippen LogP contribution in [0.1, 0.15) is 45.6 Å². The van der Waals surface area contributed by atoms with Crippen LogP contribution in [0.25, 0.3) is 0 Å². The highest BCUT2D eigenvalue weighted by molar-refractivity contribution is 7.92. The summed E-state index contributed by atoms with van der Waals surface area (Å²) in [6.45, 7) is 5.62. The minimum Gasteiger partial charge on any atom is -0.495 e. The lowest BCUT2D eigenvalue weighted by Crippen LogP contribution is -2.49. The molecule has 210 valence electrons. The van der Waals surface area contributed by atoms with E-state index in [0.29, 0.717) is 27.0 Å². The minimum absolute atomic E-state index is 0.00205. The molecule has 2 aromatic rings. The highest BCUT2D eigenvalue weighted by atomic mass is 35.5. The van der Waals surface area contributed by atoms with Crippen molar-refractivity contribution in [2.24, 2.45) is 0 Å². The molecule has 0 spiro atoms. The normalized spacial score (nSPS) is 12.9. The van der Waals surface area contributed by atoms with Gasteiger partial charge < -0.3 is 15.0 Å². The van der Waals surface area contributed by atoms with E-state index in [2.05, 4.69) is 5.32 Å². The highest BCUT2D eigenvalue weighted by Gasteiger charge is 2.28. The number of benzene rings is 2. The van der Waals surface area contributed by atoms with Crippen LogP contribution in [-0.4, -0.2) is 57.1 Å². The van der Waals surface area contributed by atoms with Crippen LogP contribution >= 0.6 is 34.8 Å². The molecule has 2 atom stereocenters. The summed E-state index contributed by atoms with van der Waals surface area (Å²) >= 11 is 18.6. The van der Waals surface area contributed by atoms with E-state index in [4.69, 9.17) is 39.5 Å². The van der Waals surface area contributed by atoms with Crippen LogP contribution in [-0.2, 0) is 26.2 Å². The number of halogens is 3. The van der Waals surface area contributed by atoms with Crippen molar-refractivity contribution < 1.29 is 22.7 Å². The SMILES string of the molecule is CC[C@@H](C)NC(=O)[C@@H](C)N(Cc1ccc(Cl)cc1Cl)C(=O)CCCN(c1ccc(OC)c(Cl)c1)S(C)(=O)=O. The maximum Gasteiger partial charge on any atom is 0.242 e. The van der Waals surface area contributed by atoms with Crippen LogP contribution in [0, 0.1) is 0 Å². The first kappa shape index (κ1) is 32.0. The summed E-state index contributed by atoms with van der Waals surface area (Å²) in [7, 11) is -2.20. The van der Waals surface area contributed by atoms with Crippen LogP contribution in [0.2, 0.25) is 15.1 Å². The van der Waals surface area contributed by atoms with Gasteiger partial charge in [0.1, 0.15) is 11.8 Å². The topological polar surface area (TPSA) is 96.0 Å². The summed E-state index contributed by atoms with van der Waals surface area (Å²) in [5.41, 5.74) is 0.995. The van der Waals surface area contributed by atoms with Gasteiger partial charge in [0.05, 0.1) is 24.1 Å². The molecule has 38 heavy (non-hydrogen) atoms. The number of amides is 2. The Labute approximate surface area is 240 Å². The fourth-order valence-corrected chi connectivity index (χ4v) is 5.37. The fraction of sp³-hybridized carbons (Fsp3) is 0.462. The molecule has 0 aromatic heterocycles. The Balaban J connectivity index is 2.23. The van der Waals surface area contributed by atoms with E-state index in [-0.39, 0.29) is 48.8 Å². The second-order valence-electron chi connectivity index (χ2n) is 9.01. The number of rotatable bonds is 13. The number of hydrogen-bond donors (Lipinski definition) is 1. The van der Waals surface area contributed by atoms with Gasteiger partial charge in [0.2, 0.25) is 21.8 Å². The maximum absolute atomic E-state index is 13.4. The van der Waals surface area contributed by atoms with E-state index in [1.807, 2.05) is 13.8 Å². The zero-order valence-electron chi connectivity index (χ0n) is 22.1. The molecule has 0 saturated carbocycles. The van der Waals surface area contributed by atoms with E-state index < -0.39 is 16.1 Å². The number of ether oxygens (including phenoxy) is 1.